The van der Waals surface area contributed by atoms with Gasteiger partial charge in [-0.15, -0.1) is 13.2 Å². The molecule has 2 saturated carbocycles. The Labute approximate surface area is 702 Å². The lowest BCUT2D eigenvalue weighted by atomic mass is 9.85. The number of phosphoric ester groups is 2. The van der Waals surface area contributed by atoms with E-state index < -0.39 is 58.8 Å². The zero-order valence-corrected chi connectivity index (χ0v) is 75.1. The van der Waals surface area contributed by atoms with Crippen molar-refractivity contribution in [2.75, 3.05) is 92.2 Å². The minimum atomic E-state index is -4.42. The van der Waals surface area contributed by atoms with Crippen LogP contribution in [-0.4, -0.2) is 158 Å². The molecule has 2 aliphatic carbocycles. The summed E-state index contributed by atoms with van der Waals surface area (Å²) in [6.45, 7) is 13.3. The average molecular weight is 1690 g/mol. The van der Waals surface area contributed by atoms with Gasteiger partial charge >= 0.3 is 33.6 Å². The normalized spacial score (nSPS) is 15.4. The number of hydrogen-bond donors (Lipinski definition) is 6. The first-order valence-electron chi connectivity index (χ1n) is 46.4. The van der Waals surface area contributed by atoms with Crippen LogP contribution in [0.3, 0.4) is 0 Å². The van der Waals surface area contributed by atoms with Gasteiger partial charge in [0.05, 0.1) is 91.2 Å². The lowest BCUT2D eigenvalue weighted by Crippen LogP contribution is -2.46. The van der Waals surface area contributed by atoms with E-state index in [0.29, 0.717) is 63.2 Å². The van der Waals surface area contributed by atoms with Gasteiger partial charge in [-0.1, -0.05) is 310 Å². The molecule has 27 heteroatoms. The van der Waals surface area contributed by atoms with Crippen molar-refractivity contribution < 1.29 is 88.8 Å². The van der Waals surface area contributed by atoms with Crippen LogP contribution in [0.2, 0.25) is 0 Å². The molecule has 25 nitrogen and oxygen atoms in total. The Morgan fingerprint density at radius 3 is 0.966 bits per heavy atom. The lowest BCUT2D eigenvalue weighted by molar-refractivity contribution is -0.152. The summed E-state index contributed by atoms with van der Waals surface area (Å²) >= 11 is 0. The van der Waals surface area contributed by atoms with E-state index in [1.54, 1.807) is 0 Å². The van der Waals surface area contributed by atoms with Gasteiger partial charge in [0.2, 0.25) is 23.6 Å². The minimum Gasteiger partial charge on any atom is -0.462 e. The highest BCUT2D eigenvalue weighted by molar-refractivity contribution is 7.48. The highest BCUT2D eigenvalue weighted by Gasteiger charge is 2.32. The first-order chi connectivity index (χ1) is 56.5. The Hall–Kier alpha value is -4.29. The van der Waals surface area contributed by atoms with Crippen LogP contribution in [0.1, 0.15) is 374 Å². The molecule has 0 aromatic carbocycles. The van der Waals surface area contributed by atoms with Crippen molar-refractivity contribution in [1.29, 1.82) is 0 Å². The molecule has 2 rings (SSSR count). The maximum absolute atomic E-state index is 14.2. The predicted molar refractivity (Wildman–Crippen MR) is 463 cm³/mol. The van der Waals surface area contributed by atoms with E-state index >= 15 is 0 Å². The molecule has 2 fully saturated rings. The van der Waals surface area contributed by atoms with E-state index in [2.05, 4.69) is 72.8 Å². The Kier molecular flexibility index (Phi) is 70.3. The molecule has 0 aromatic heterocycles. The second-order valence-corrected chi connectivity index (χ2v) is 35.7. The first kappa shape index (κ1) is 108. The molecule has 0 aromatic rings. The molecule has 676 valence electrons. The van der Waals surface area contributed by atoms with Crippen molar-refractivity contribution in [3.8, 4) is 0 Å². The van der Waals surface area contributed by atoms with Gasteiger partial charge in [0.25, 0.3) is 0 Å². The maximum atomic E-state index is 14.2. The fourth-order valence-electron chi connectivity index (χ4n) is 14.7. The number of hydrogen-bond acceptors (Lipinski definition) is 19. The smallest absolute Gasteiger partial charge is 0.462 e. The van der Waals surface area contributed by atoms with Crippen molar-refractivity contribution in [2.45, 2.75) is 399 Å². The number of esters is 2. The van der Waals surface area contributed by atoms with Crippen LogP contribution in [0.5, 0.6) is 0 Å². The summed E-state index contributed by atoms with van der Waals surface area (Å²) in [6.07, 6.45) is 57.5. The SMILES string of the molecule is C=CCOP(=O)(OCCNC(=O)NCCOP(=O)(OCC=C)OCC(COCCC(CC1CCCCC1)OC(=O)CCCCCCCCCCC)NC(=O)CNC(=O)CCCCCCCCCCC)OCC(COCCC(CC1CCCCC1)OC(=O)CCCCCCCCCCC)NC(=O)CNC(=O)CCCCCCCCCCC. The van der Waals surface area contributed by atoms with Crippen molar-refractivity contribution in [1.82, 2.24) is 31.9 Å². The number of phosphoric acid groups is 2. The van der Waals surface area contributed by atoms with Gasteiger partial charge in [-0.05, 0) is 50.4 Å². The number of ether oxygens (including phenoxy) is 4. The van der Waals surface area contributed by atoms with Crippen LogP contribution in [0, 0.1) is 11.8 Å². The van der Waals surface area contributed by atoms with Crippen LogP contribution in [0.4, 0.5) is 4.79 Å². The number of rotatable bonds is 82. The molecule has 0 radical (unpaired) electrons. The maximum Gasteiger partial charge on any atom is 0.475 e. The molecule has 6 unspecified atom stereocenters. The molecule has 0 aliphatic heterocycles. The Bertz CT molecular complexity index is 2420. The minimum absolute atomic E-state index is 0.104. The summed E-state index contributed by atoms with van der Waals surface area (Å²) in [5.74, 6) is -1.07. The van der Waals surface area contributed by atoms with Gasteiger partial charge in [-0.2, -0.15) is 0 Å². The summed E-state index contributed by atoms with van der Waals surface area (Å²) in [6, 6.07) is -2.53. The first-order valence-corrected chi connectivity index (χ1v) is 49.4. The van der Waals surface area contributed by atoms with Crippen LogP contribution < -0.4 is 31.9 Å². The molecule has 6 N–H and O–H groups in total. The molecule has 0 heterocycles. The molecule has 0 bridgehead atoms. The highest BCUT2D eigenvalue weighted by atomic mass is 31.2. The third-order valence-corrected chi connectivity index (χ3v) is 24.4. The second-order valence-electron chi connectivity index (χ2n) is 32.3. The number of amides is 6. The van der Waals surface area contributed by atoms with E-state index in [4.69, 9.17) is 46.1 Å². The van der Waals surface area contributed by atoms with Crippen LogP contribution in [0.15, 0.2) is 25.3 Å². The number of carbonyl (C=O) groups excluding carboxylic acids is 7. The van der Waals surface area contributed by atoms with E-state index in [1.165, 1.54) is 166 Å². The fraction of sp³-hybridized carbons (Fsp3) is 0.876. The lowest BCUT2D eigenvalue weighted by Gasteiger charge is -2.27. The third kappa shape index (κ3) is 64.6. The van der Waals surface area contributed by atoms with Gasteiger partial charge < -0.3 is 50.8 Å². The quantitative estimate of drug-likeness (QED) is 0.0143. The average Bonchev–Trinajstić information content (AvgIpc) is 0.901. The van der Waals surface area contributed by atoms with Crippen molar-refractivity contribution in [3.05, 3.63) is 25.3 Å². The summed E-state index contributed by atoms with van der Waals surface area (Å²) in [7, 11) is -8.84. The number of urea groups is 1. The molecule has 2 aliphatic rings. The summed E-state index contributed by atoms with van der Waals surface area (Å²) in [5, 5.41) is 16.3. The van der Waals surface area contributed by atoms with Crippen molar-refractivity contribution in [3.63, 3.8) is 0 Å². The zero-order valence-electron chi connectivity index (χ0n) is 73.3. The molecule has 6 amide bonds. The van der Waals surface area contributed by atoms with Crippen LogP contribution >= 0.6 is 15.6 Å². The highest BCUT2D eigenvalue weighted by Crippen LogP contribution is 2.50. The van der Waals surface area contributed by atoms with Crippen LogP contribution in [0.25, 0.3) is 0 Å². The molecular formula is C89H166N6O19P2. The van der Waals surface area contributed by atoms with E-state index in [0.717, 1.165) is 141 Å². The zero-order chi connectivity index (χ0) is 84.3. The topological polar surface area (TPSA) is 318 Å². The van der Waals surface area contributed by atoms with E-state index in [9.17, 15) is 42.7 Å². The molecule has 0 saturated heterocycles. The Morgan fingerprint density at radius 1 is 0.353 bits per heavy atom. The monoisotopic (exact) mass is 1690 g/mol. The molecule has 116 heavy (non-hydrogen) atoms. The van der Waals surface area contributed by atoms with Gasteiger partial charge in [0.15, 0.2) is 0 Å². The molecule has 0 spiro atoms. The number of unbranched alkanes of at least 4 members (excludes halogenated alkanes) is 32. The summed E-state index contributed by atoms with van der Waals surface area (Å²) in [4.78, 5) is 92.4. The summed E-state index contributed by atoms with van der Waals surface area (Å²) < 4.78 is 87.2. The third-order valence-electron chi connectivity index (χ3n) is 21.5. The molecule has 6 atom stereocenters. The van der Waals surface area contributed by atoms with Gasteiger partial charge in [0, 0.05) is 51.6 Å². The van der Waals surface area contributed by atoms with Crippen LogP contribution in [-0.2, 0) is 84.0 Å². The summed E-state index contributed by atoms with van der Waals surface area (Å²) in [5.41, 5.74) is 0. The van der Waals surface area contributed by atoms with Gasteiger partial charge in [-0.25, -0.2) is 13.9 Å². The predicted octanol–water partition coefficient (Wildman–Crippen LogP) is 20.4. The van der Waals surface area contributed by atoms with E-state index in [-0.39, 0.29) is 115 Å². The van der Waals surface area contributed by atoms with Crippen molar-refractivity contribution >= 4 is 57.2 Å². The number of nitrogens with one attached hydrogen (secondary N) is 6. The van der Waals surface area contributed by atoms with E-state index in [1.807, 2.05) is 0 Å². The number of carbonyl (C=O) groups is 7. The molecular weight excluding hydrogens is 1520 g/mol. The largest absolute Gasteiger partial charge is 0.475 e. The van der Waals surface area contributed by atoms with Gasteiger partial charge in [0.1, 0.15) is 12.2 Å². The Balaban J connectivity index is 2.12. The second kappa shape index (κ2) is 75.7. The van der Waals surface area contributed by atoms with Gasteiger partial charge in [-0.3, -0.25) is 55.9 Å². The van der Waals surface area contributed by atoms with Crippen molar-refractivity contribution in [2.24, 2.45) is 11.8 Å². The standard InChI is InChI=1S/C89H166N6O19P2/c1-7-13-17-21-25-29-33-37-47-55-83(96)92-71-85(98)94-79(73-105-65-59-81(69-77-51-43-41-44-52-77)113-87(100)57-49-39-35-31-27-23-19-15-9-3)75-111-115(103,107-63-11-5)109-67-61-90-89(102)91-62-68-110-116(104,108-64-12-6)112-76-80(95-86(99)72-93-84(97)56-48-38-34-30-26-22-18-14-8-2)74-106-66-60-82(70-78-53-45-42-46-54-78)114-88(101)58-50-40-36-32-28-24-20-16-10-4/h11-12,77-82H,5-10,13-76H2,1-4H3,(H,92,96)(H,93,97)(H,94,98)(H,95,99)(H2,90,91,102). The Morgan fingerprint density at radius 2 is 0.655 bits per heavy atom. The fourth-order valence-corrected chi connectivity index (χ4v) is 17.1.